The number of hydrogen-bond acceptors (Lipinski definition) is 3. The van der Waals surface area contributed by atoms with Gasteiger partial charge in [-0.1, -0.05) is 60.1 Å². The Morgan fingerprint density at radius 3 is 2.60 bits per heavy atom. The smallest absolute Gasteiger partial charge is 0.194 e. The molecule has 30 heavy (non-hydrogen) atoms. The first kappa shape index (κ1) is 18.8. The van der Waals surface area contributed by atoms with E-state index in [1.165, 1.54) is 0 Å². The van der Waals surface area contributed by atoms with Gasteiger partial charge < -0.3 is 0 Å². The van der Waals surface area contributed by atoms with Gasteiger partial charge in [0, 0.05) is 27.2 Å². The van der Waals surface area contributed by atoms with E-state index in [9.17, 15) is 4.79 Å². The van der Waals surface area contributed by atoms with Gasteiger partial charge in [-0.05, 0) is 48.0 Å². The number of thiazole rings is 1. The first-order chi connectivity index (χ1) is 14.6. The number of halogens is 1. The van der Waals surface area contributed by atoms with Gasteiger partial charge in [-0.15, -0.1) is 11.3 Å². The van der Waals surface area contributed by atoms with Crippen LogP contribution >= 0.6 is 22.9 Å². The lowest BCUT2D eigenvalue weighted by molar-refractivity contribution is 0.104. The molecule has 0 amide bonds. The van der Waals surface area contributed by atoms with Gasteiger partial charge in [0.15, 0.2) is 10.7 Å². The molecule has 0 aliphatic heterocycles. The van der Waals surface area contributed by atoms with Crippen molar-refractivity contribution >= 4 is 50.5 Å². The molecule has 0 saturated carbocycles. The minimum Gasteiger partial charge on any atom is -0.290 e. The van der Waals surface area contributed by atoms with E-state index in [-0.39, 0.29) is 5.78 Å². The highest BCUT2D eigenvalue weighted by Gasteiger charge is 2.14. The van der Waals surface area contributed by atoms with Crippen LogP contribution in [0.25, 0.3) is 33.1 Å². The lowest BCUT2D eigenvalue weighted by atomic mass is 10.0. The largest absolute Gasteiger partial charge is 0.290 e. The molecule has 3 aromatic carbocycles. The average molecular weight is 429 g/mol. The molecule has 0 aliphatic rings. The van der Waals surface area contributed by atoms with Crippen molar-refractivity contribution < 1.29 is 4.79 Å². The van der Waals surface area contributed by atoms with E-state index in [4.69, 9.17) is 16.6 Å². The maximum Gasteiger partial charge on any atom is 0.194 e. The van der Waals surface area contributed by atoms with Gasteiger partial charge in [0.25, 0.3) is 0 Å². The van der Waals surface area contributed by atoms with Gasteiger partial charge >= 0.3 is 0 Å². The van der Waals surface area contributed by atoms with Crippen molar-refractivity contribution in [3.05, 3.63) is 100 Å². The molecule has 5 aromatic rings. The van der Waals surface area contributed by atoms with E-state index in [1.54, 1.807) is 17.4 Å². The number of carbonyl (C=O) groups is 1. The van der Waals surface area contributed by atoms with Crippen LogP contribution in [0.3, 0.4) is 0 Å². The van der Waals surface area contributed by atoms with Crippen LogP contribution in [-0.2, 0) is 0 Å². The second-order valence-electron chi connectivity index (χ2n) is 7.11. The third-order valence-corrected chi connectivity index (χ3v) is 6.17. The van der Waals surface area contributed by atoms with Crippen molar-refractivity contribution in [2.75, 3.05) is 0 Å². The molecule has 0 aliphatic carbocycles. The molecule has 0 spiro atoms. The number of aryl methyl sites for hydroxylation is 1. The molecule has 0 atom stereocenters. The topological polar surface area (TPSA) is 34.4 Å². The van der Waals surface area contributed by atoms with Gasteiger partial charge in [0.2, 0.25) is 0 Å². The fourth-order valence-corrected chi connectivity index (χ4v) is 4.50. The van der Waals surface area contributed by atoms with Crippen molar-refractivity contribution in [1.29, 1.82) is 0 Å². The summed E-state index contributed by atoms with van der Waals surface area (Å²) in [6, 6.07) is 21.4. The Morgan fingerprint density at radius 1 is 1.03 bits per heavy atom. The number of aromatic nitrogens is 2. The first-order valence-corrected chi connectivity index (χ1v) is 10.7. The number of rotatable bonds is 4. The lowest BCUT2D eigenvalue weighted by Crippen LogP contribution is -1.95. The second kappa shape index (κ2) is 7.56. The van der Waals surface area contributed by atoms with Crippen LogP contribution in [0.15, 0.2) is 79.0 Å². The Hall–Kier alpha value is -3.21. The molecule has 0 unspecified atom stereocenters. The van der Waals surface area contributed by atoms with Crippen LogP contribution in [0, 0.1) is 6.92 Å². The predicted octanol–water partition coefficient (Wildman–Crippen LogP) is 7.07. The van der Waals surface area contributed by atoms with E-state index >= 15 is 0 Å². The first-order valence-electron chi connectivity index (χ1n) is 9.54. The van der Waals surface area contributed by atoms with Gasteiger partial charge in [0.1, 0.15) is 0 Å². The Labute approximate surface area is 182 Å². The zero-order valence-electron chi connectivity index (χ0n) is 16.2. The molecule has 0 radical (unpaired) electrons. The maximum absolute atomic E-state index is 12.9. The minimum absolute atomic E-state index is 0.0373. The predicted molar refractivity (Wildman–Crippen MR) is 126 cm³/mol. The minimum atomic E-state index is -0.0373. The summed E-state index contributed by atoms with van der Waals surface area (Å²) in [5.74, 6) is -0.0373. The molecule has 0 fully saturated rings. The average Bonchev–Trinajstić information content (AvgIpc) is 3.28. The molecule has 0 saturated heterocycles. The summed E-state index contributed by atoms with van der Waals surface area (Å²) in [5.41, 5.74) is 3.34. The number of nitrogens with zero attached hydrogens (tertiary/aromatic N) is 2. The Kier molecular flexibility index (Phi) is 4.74. The van der Waals surface area contributed by atoms with Gasteiger partial charge in [0.05, 0.1) is 11.4 Å². The Balaban J connectivity index is 1.56. The molecular weight excluding hydrogens is 412 g/mol. The van der Waals surface area contributed by atoms with Gasteiger partial charge in [-0.3, -0.25) is 9.20 Å². The molecular formula is C25H17ClN2OS. The van der Waals surface area contributed by atoms with Crippen LogP contribution in [0.4, 0.5) is 0 Å². The molecule has 0 N–H and O–H groups in total. The third-order valence-electron chi connectivity index (χ3n) is 5.02. The summed E-state index contributed by atoms with van der Waals surface area (Å²) in [5, 5.41) is 2.85. The SMILES string of the molecule is Cc1cn2c(C=CC(=O)c3ccc4ccccc4c3)c(-c3ccc(Cl)cc3)nc2s1. The maximum atomic E-state index is 12.9. The highest BCUT2D eigenvalue weighted by molar-refractivity contribution is 7.17. The zero-order valence-corrected chi connectivity index (χ0v) is 17.7. The lowest BCUT2D eigenvalue weighted by Gasteiger charge is -2.02. The van der Waals surface area contributed by atoms with E-state index in [2.05, 4.69) is 6.92 Å². The van der Waals surface area contributed by atoms with Crippen molar-refractivity contribution in [3.8, 4) is 11.3 Å². The van der Waals surface area contributed by atoms with E-state index in [1.807, 2.05) is 83.4 Å². The van der Waals surface area contributed by atoms with Gasteiger partial charge in [-0.25, -0.2) is 4.98 Å². The highest BCUT2D eigenvalue weighted by Crippen LogP contribution is 2.30. The number of fused-ring (bicyclic) bond motifs is 2. The molecule has 2 aromatic heterocycles. The second-order valence-corrected chi connectivity index (χ2v) is 8.76. The zero-order chi connectivity index (χ0) is 20.7. The molecule has 2 heterocycles. The molecule has 146 valence electrons. The van der Waals surface area contributed by atoms with Gasteiger partial charge in [-0.2, -0.15) is 0 Å². The highest BCUT2D eigenvalue weighted by atomic mass is 35.5. The summed E-state index contributed by atoms with van der Waals surface area (Å²) in [6.07, 6.45) is 5.53. The van der Waals surface area contributed by atoms with Crippen LogP contribution in [0.2, 0.25) is 5.02 Å². The van der Waals surface area contributed by atoms with Crippen LogP contribution in [0.5, 0.6) is 0 Å². The fourth-order valence-electron chi connectivity index (χ4n) is 3.55. The molecule has 5 heteroatoms. The molecule has 5 rings (SSSR count). The molecule has 3 nitrogen and oxygen atoms in total. The standard InChI is InChI=1S/C25H17ClN2OS/c1-16-15-28-22(24(27-25(28)30-16)18-8-10-21(26)11-9-18)12-13-23(29)20-7-6-17-4-2-3-5-19(17)14-20/h2-15H,1H3. The summed E-state index contributed by atoms with van der Waals surface area (Å²) in [6.45, 7) is 2.05. The number of ketones is 1. The number of benzene rings is 3. The quantitative estimate of drug-likeness (QED) is 0.226. The van der Waals surface area contributed by atoms with Crippen molar-refractivity contribution in [3.63, 3.8) is 0 Å². The third kappa shape index (κ3) is 3.45. The number of imidazole rings is 1. The number of hydrogen-bond donors (Lipinski definition) is 0. The van der Waals surface area contributed by atoms with Crippen LogP contribution < -0.4 is 0 Å². The van der Waals surface area contributed by atoms with E-state index < -0.39 is 0 Å². The Morgan fingerprint density at radius 2 is 1.80 bits per heavy atom. The summed E-state index contributed by atoms with van der Waals surface area (Å²) in [7, 11) is 0. The molecule has 0 bridgehead atoms. The summed E-state index contributed by atoms with van der Waals surface area (Å²) < 4.78 is 2.04. The van der Waals surface area contributed by atoms with Crippen molar-refractivity contribution in [2.45, 2.75) is 6.92 Å². The van der Waals surface area contributed by atoms with Crippen LogP contribution in [-0.4, -0.2) is 15.2 Å². The number of allylic oxidation sites excluding steroid dienone is 1. The monoisotopic (exact) mass is 428 g/mol. The Bertz CT molecular complexity index is 1430. The fraction of sp³-hybridized carbons (Fsp3) is 0.0400. The number of carbonyl (C=O) groups excluding carboxylic acids is 1. The normalized spacial score (nSPS) is 11.7. The summed E-state index contributed by atoms with van der Waals surface area (Å²) in [4.78, 5) is 19.7. The van der Waals surface area contributed by atoms with Crippen molar-refractivity contribution in [2.24, 2.45) is 0 Å². The van der Waals surface area contributed by atoms with Crippen molar-refractivity contribution in [1.82, 2.24) is 9.38 Å². The summed E-state index contributed by atoms with van der Waals surface area (Å²) >= 11 is 7.67. The van der Waals surface area contributed by atoms with Crippen LogP contribution in [0.1, 0.15) is 20.9 Å². The van der Waals surface area contributed by atoms with E-state index in [0.717, 1.165) is 37.6 Å². The van der Waals surface area contributed by atoms with E-state index in [0.29, 0.717) is 10.6 Å².